The standard InChI is InChI=1S/C26H29N3O4/c30-16-21-4-3-15-29(21)26(32)19-9-7-17(8-10-19)18-11-13-20(14-12-18)27-25(31)24-22-5-1-2-6-23(22)28-33-24/h1-2,5-6,11-14,17,19,21,30H,3-4,7-10,15-16H2,(H,27,31)/t17?,19?,21-/m0/s1. The highest BCUT2D eigenvalue weighted by molar-refractivity contribution is 6.10. The summed E-state index contributed by atoms with van der Waals surface area (Å²) in [5, 5.41) is 17.0. The first-order valence-electron chi connectivity index (χ1n) is 11.8. The third kappa shape index (κ3) is 4.37. The van der Waals surface area contributed by atoms with E-state index in [1.54, 1.807) is 0 Å². The van der Waals surface area contributed by atoms with Gasteiger partial charge in [0.15, 0.2) is 0 Å². The van der Waals surface area contributed by atoms with E-state index in [1.165, 1.54) is 5.56 Å². The first-order valence-corrected chi connectivity index (χ1v) is 11.8. The Kier molecular flexibility index (Phi) is 6.13. The van der Waals surface area contributed by atoms with E-state index in [2.05, 4.69) is 22.6 Å². The molecule has 33 heavy (non-hydrogen) atoms. The largest absolute Gasteiger partial charge is 0.394 e. The second-order valence-electron chi connectivity index (χ2n) is 9.16. The lowest BCUT2D eigenvalue weighted by molar-refractivity contribution is -0.138. The van der Waals surface area contributed by atoms with E-state index in [1.807, 2.05) is 41.3 Å². The van der Waals surface area contributed by atoms with Crippen LogP contribution >= 0.6 is 0 Å². The van der Waals surface area contributed by atoms with E-state index in [9.17, 15) is 14.7 Å². The van der Waals surface area contributed by atoms with Crippen LogP contribution in [-0.4, -0.2) is 46.2 Å². The number of hydrogen-bond acceptors (Lipinski definition) is 5. The molecule has 1 saturated heterocycles. The number of carbonyl (C=O) groups is 2. The van der Waals surface area contributed by atoms with Gasteiger partial charge in [-0.05, 0) is 74.3 Å². The number of amides is 2. The number of fused-ring (bicyclic) bond motifs is 1. The van der Waals surface area contributed by atoms with Crippen molar-refractivity contribution in [1.82, 2.24) is 10.1 Å². The fraction of sp³-hybridized carbons (Fsp3) is 0.423. The zero-order valence-electron chi connectivity index (χ0n) is 18.6. The first kappa shape index (κ1) is 21.6. The Morgan fingerprint density at radius 2 is 1.79 bits per heavy atom. The van der Waals surface area contributed by atoms with Crippen molar-refractivity contribution in [3.05, 3.63) is 59.9 Å². The summed E-state index contributed by atoms with van der Waals surface area (Å²) in [4.78, 5) is 27.4. The third-order valence-electron chi connectivity index (χ3n) is 7.18. The Bertz CT molecular complexity index is 1130. The quantitative estimate of drug-likeness (QED) is 0.607. The molecular weight excluding hydrogens is 418 g/mol. The SMILES string of the molecule is O=C(Nc1ccc(C2CCC(C(=O)N3CCC[C@H]3CO)CC2)cc1)c1onc2ccccc12. The third-order valence-corrected chi connectivity index (χ3v) is 7.18. The number of carbonyl (C=O) groups excluding carboxylic acids is 2. The Labute approximate surface area is 192 Å². The lowest BCUT2D eigenvalue weighted by atomic mass is 9.78. The number of nitrogens with one attached hydrogen (secondary N) is 1. The van der Waals surface area contributed by atoms with Crippen LogP contribution in [-0.2, 0) is 4.79 Å². The lowest BCUT2D eigenvalue weighted by Gasteiger charge is -2.32. The molecule has 3 aromatic rings. The monoisotopic (exact) mass is 447 g/mol. The summed E-state index contributed by atoms with van der Waals surface area (Å²) in [5.74, 6) is 0.605. The number of benzene rings is 2. The molecule has 5 rings (SSSR count). The van der Waals surface area contributed by atoms with Gasteiger partial charge in [0.05, 0.1) is 18.0 Å². The highest BCUT2D eigenvalue weighted by Gasteiger charge is 2.35. The van der Waals surface area contributed by atoms with Gasteiger partial charge in [-0.2, -0.15) is 0 Å². The molecule has 0 bridgehead atoms. The molecule has 2 amide bonds. The van der Waals surface area contributed by atoms with Crippen molar-refractivity contribution in [2.24, 2.45) is 5.92 Å². The van der Waals surface area contributed by atoms with Crippen LogP contribution in [0.25, 0.3) is 10.9 Å². The fourth-order valence-electron chi connectivity index (χ4n) is 5.30. The molecule has 7 nitrogen and oxygen atoms in total. The van der Waals surface area contributed by atoms with E-state index >= 15 is 0 Å². The number of nitrogens with zero attached hydrogens (tertiary/aromatic N) is 2. The van der Waals surface area contributed by atoms with E-state index in [-0.39, 0.29) is 36.1 Å². The molecule has 2 aliphatic rings. The summed E-state index contributed by atoms with van der Waals surface area (Å²) in [6, 6.07) is 15.3. The molecule has 1 atom stereocenters. The highest BCUT2D eigenvalue weighted by Crippen LogP contribution is 2.37. The molecule has 1 saturated carbocycles. The number of likely N-dealkylation sites (tertiary alicyclic amines) is 1. The minimum atomic E-state index is -0.321. The van der Waals surface area contributed by atoms with Crippen molar-refractivity contribution in [2.75, 3.05) is 18.5 Å². The maximum Gasteiger partial charge on any atom is 0.294 e. The molecule has 2 heterocycles. The minimum Gasteiger partial charge on any atom is -0.394 e. The summed E-state index contributed by atoms with van der Waals surface area (Å²) in [7, 11) is 0. The highest BCUT2D eigenvalue weighted by atomic mass is 16.5. The number of hydrogen-bond donors (Lipinski definition) is 2. The van der Waals surface area contributed by atoms with Crippen molar-refractivity contribution in [2.45, 2.75) is 50.5 Å². The van der Waals surface area contributed by atoms with Crippen LogP contribution < -0.4 is 5.32 Å². The van der Waals surface area contributed by atoms with Gasteiger partial charge in [0.1, 0.15) is 5.52 Å². The molecule has 2 N–H and O–H groups in total. The molecule has 1 aromatic heterocycles. The summed E-state index contributed by atoms with van der Waals surface area (Å²) in [6.45, 7) is 0.845. The maximum absolute atomic E-state index is 12.9. The van der Waals surface area contributed by atoms with Gasteiger partial charge in [0.25, 0.3) is 5.91 Å². The molecular formula is C26H29N3O4. The van der Waals surface area contributed by atoms with Crippen LogP contribution in [0.1, 0.15) is 60.6 Å². The van der Waals surface area contributed by atoms with Crippen LogP contribution in [0.15, 0.2) is 53.1 Å². The van der Waals surface area contributed by atoms with Crippen molar-refractivity contribution in [3.8, 4) is 0 Å². The van der Waals surface area contributed by atoms with E-state index in [4.69, 9.17) is 4.52 Å². The summed E-state index contributed by atoms with van der Waals surface area (Å²) in [5.41, 5.74) is 2.60. The Morgan fingerprint density at radius 3 is 2.55 bits per heavy atom. The van der Waals surface area contributed by atoms with Gasteiger partial charge in [0, 0.05) is 18.2 Å². The van der Waals surface area contributed by atoms with Crippen LogP contribution in [0.2, 0.25) is 0 Å². The number of aliphatic hydroxyl groups excluding tert-OH is 1. The smallest absolute Gasteiger partial charge is 0.294 e. The first-order chi connectivity index (χ1) is 16.1. The van der Waals surface area contributed by atoms with Crippen molar-refractivity contribution >= 4 is 28.4 Å². The average molecular weight is 448 g/mol. The Morgan fingerprint density at radius 1 is 1.03 bits per heavy atom. The topological polar surface area (TPSA) is 95.7 Å². The van der Waals surface area contributed by atoms with Gasteiger partial charge in [-0.15, -0.1) is 0 Å². The van der Waals surface area contributed by atoms with Crippen molar-refractivity contribution < 1.29 is 19.2 Å². The number of aromatic nitrogens is 1. The Balaban J connectivity index is 1.17. The molecule has 1 aliphatic heterocycles. The maximum atomic E-state index is 12.9. The van der Waals surface area contributed by atoms with Crippen molar-refractivity contribution in [1.29, 1.82) is 0 Å². The van der Waals surface area contributed by atoms with Gasteiger partial charge >= 0.3 is 0 Å². The predicted octanol–water partition coefficient (Wildman–Crippen LogP) is 4.34. The number of anilines is 1. The molecule has 0 spiro atoms. The van der Waals surface area contributed by atoms with E-state index in [0.717, 1.165) is 45.1 Å². The summed E-state index contributed by atoms with van der Waals surface area (Å²) >= 11 is 0. The van der Waals surface area contributed by atoms with Crippen LogP contribution in [0.3, 0.4) is 0 Å². The van der Waals surface area contributed by atoms with E-state index in [0.29, 0.717) is 22.5 Å². The minimum absolute atomic E-state index is 0.00734. The fourth-order valence-corrected chi connectivity index (χ4v) is 5.30. The zero-order valence-corrected chi connectivity index (χ0v) is 18.6. The molecule has 7 heteroatoms. The molecule has 0 unspecified atom stereocenters. The molecule has 0 radical (unpaired) electrons. The second-order valence-corrected chi connectivity index (χ2v) is 9.16. The van der Waals surface area contributed by atoms with E-state index < -0.39 is 0 Å². The average Bonchev–Trinajstić information content (AvgIpc) is 3.51. The Hall–Kier alpha value is -3.19. The lowest BCUT2D eigenvalue weighted by Crippen LogP contribution is -2.42. The zero-order chi connectivity index (χ0) is 22.8. The summed E-state index contributed by atoms with van der Waals surface area (Å²) < 4.78 is 5.24. The van der Waals surface area contributed by atoms with Gasteiger partial charge in [-0.1, -0.05) is 29.4 Å². The van der Waals surface area contributed by atoms with Crippen LogP contribution in [0.4, 0.5) is 5.69 Å². The van der Waals surface area contributed by atoms with Crippen LogP contribution in [0.5, 0.6) is 0 Å². The van der Waals surface area contributed by atoms with Gasteiger partial charge in [-0.25, -0.2) is 0 Å². The van der Waals surface area contributed by atoms with Crippen molar-refractivity contribution in [3.63, 3.8) is 0 Å². The van der Waals surface area contributed by atoms with Crippen LogP contribution in [0, 0.1) is 5.92 Å². The number of rotatable bonds is 5. The second kappa shape index (κ2) is 9.35. The van der Waals surface area contributed by atoms with Gasteiger partial charge in [0.2, 0.25) is 11.7 Å². The molecule has 1 aliphatic carbocycles. The molecule has 2 aromatic carbocycles. The number of aliphatic hydroxyl groups is 1. The predicted molar refractivity (Wildman–Crippen MR) is 125 cm³/mol. The van der Waals surface area contributed by atoms with Gasteiger partial charge in [-0.3, -0.25) is 9.59 Å². The molecule has 172 valence electrons. The van der Waals surface area contributed by atoms with Gasteiger partial charge < -0.3 is 19.8 Å². The summed E-state index contributed by atoms with van der Waals surface area (Å²) in [6.07, 6.45) is 5.62. The normalized spacial score (nSPS) is 23.1. The molecule has 2 fully saturated rings.